The molecule has 2 heterocycles. The van der Waals surface area contributed by atoms with Crippen LogP contribution < -0.4 is 0 Å². The molecule has 0 unspecified atom stereocenters. The summed E-state index contributed by atoms with van der Waals surface area (Å²) < 4.78 is 28.6. The summed E-state index contributed by atoms with van der Waals surface area (Å²) in [5, 5.41) is 0. The van der Waals surface area contributed by atoms with Crippen molar-refractivity contribution in [2.24, 2.45) is 0 Å². The molecule has 32 heavy (non-hydrogen) atoms. The summed E-state index contributed by atoms with van der Waals surface area (Å²) in [5.41, 5.74) is 1.75. The van der Waals surface area contributed by atoms with E-state index in [4.69, 9.17) is 4.74 Å². The fraction of sp³-hybridized carbons (Fsp3) is 0.435. The Hall–Kier alpha value is -2.94. The van der Waals surface area contributed by atoms with Crippen LogP contribution in [0.3, 0.4) is 0 Å². The molecule has 1 fully saturated rings. The first-order valence-electron chi connectivity index (χ1n) is 10.4. The lowest BCUT2D eigenvalue weighted by atomic mass is 10.1. The van der Waals surface area contributed by atoms with E-state index in [9.17, 15) is 18.0 Å². The third kappa shape index (κ3) is 6.29. The number of carbonyl (C=O) groups excluding carboxylic acids is 2. The monoisotopic (exact) mass is 459 g/mol. The maximum atomic E-state index is 12.7. The molecule has 2 aromatic rings. The number of amides is 2. The van der Waals surface area contributed by atoms with Gasteiger partial charge >= 0.3 is 6.09 Å². The second kappa shape index (κ2) is 9.28. The quantitative estimate of drug-likeness (QED) is 0.698. The van der Waals surface area contributed by atoms with Gasteiger partial charge in [0.1, 0.15) is 5.60 Å². The smallest absolute Gasteiger partial charge is 0.410 e. The molecule has 0 N–H and O–H groups in total. The van der Waals surface area contributed by atoms with Gasteiger partial charge in [-0.15, -0.1) is 0 Å². The molecule has 8 nitrogen and oxygen atoms in total. The van der Waals surface area contributed by atoms with Gasteiger partial charge in [-0.1, -0.05) is 18.2 Å². The number of hydrogen-bond donors (Lipinski definition) is 0. The Bertz CT molecular complexity index is 1070. The molecular formula is C23H29N3O5S. The van der Waals surface area contributed by atoms with Crippen LogP contribution in [-0.2, 0) is 25.8 Å². The highest BCUT2D eigenvalue weighted by Crippen LogP contribution is 2.20. The fourth-order valence-corrected chi connectivity index (χ4v) is 3.95. The minimum absolute atomic E-state index is 0.0131. The van der Waals surface area contributed by atoms with E-state index in [2.05, 4.69) is 4.98 Å². The van der Waals surface area contributed by atoms with Crippen LogP contribution in [0.2, 0.25) is 0 Å². The van der Waals surface area contributed by atoms with Gasteiger partial charge in [-0.2, -0.15) is 0 Å². The topological polar surface area (TPSA) is 96.9 Å². The average molecular weight is 460 g/mol. The van der Waals surface area contributed by atoms with Crippen molar-refractivity contribution in [2.45, 2.75) is 37.7 Å². The molecule has 0 radical (unpaired) electrons. The summed E-state index contributed by atoms with van der Waals surface area (Å²) in [4.78, 5) is 32.9. The van der Waals surface area contributed by atoms with Gasteiger partial charge in [0.05, 0.1) is 17.0 Å². The second-order valence-electron chi connectivity index (χ2n) is 8.87. The summed E-state index contributed by atoms with van der Waals surface area (Å²) >= 11 is 0. The zero-order valence-electron chi connectivity index (χ0n) is 18.9. The van der Waals surface area contributed by atoms with Crippen molar-refractivity contribution in [1.29, 1.82) is 0 Å². The van der Waals surface area contributed by atoms with Crippen LogP contribution in [0.4, 0.5) is 4.79 Å². The van der Waals surface area contributed by atoms with E-state index >= 15 is 0 Å². The molecule has 1 aromatic carbocycles. The summed E-state index contributed by atoms with van der Waals surface area (Å²) in [5.74, 6) is -0.0131. The van der Waals surface area contributed by atoms with Crippen LogP contribution in [0.5, 0.6) is 0 Å². The average Bonchev–Trinajstić information content (AvgIpc) is 2.72. The number of nitrogens with zero attached hydrogens (tertiary/aromatic N) is 3. The van der Waals surface area contributed by atoms with Gasteiger partial charge in [-0.25, -0.2) is 13.2 Å². The molecule has 1 aliphatic rings. The van der Waals surface area contributed by atoms with Gasteiger partial charge in [-0.05, 0) is 44.5 Å². The van der Waals surface area contributed by atoms with Crippen molar-refractivity contribution in [1.82, 2.24) is 14.8 Å². The standard InChI is InChI=1S/C23H29N3O5S/c1-23(2,3)31-22(28)26-13-11-25(12-14-26)21(27)15-17-5-10-20(24-16-17)18-6-8-19(9-7-18)32(4,29)30/h5-10,16H,11-15H2,1-4H3. The second-order valence-corrected chi connectivity index (χ2v) is 10.9. The van der Waals surface area contributed by atoms with Crippen molar-refractivity contribution in [3.05, 3.63) is 48.2 Å². The number of carbonyl (C=O) groups is 2. The third-order valence-electron chi connectivity index (χ3n) is 5.04. The van der Waals surface area contributed by atoms with E-state index in [0.717, 1.165) is 11.1 Å². The Morgan fingerprint density at radius 2 is 1.56 bits per heavy atom. The van der Waals surface area contributed by atoms with E-state index < -0.39 is 15.4 Å². The van der Waals surface area contributed by atoms with Gasteiger partial charge in [0.25, 0.3) is 0 Å². The molecule has 1 saturated heterocycles. The van der Waals surface area contributed by atoms with Crippen molar-refractivity contribution in [3.8, 4) is 11.3 Å². The Morgan fingerprint density at radius 3 is 2.06 bits per heavy atom. The molecule has 0 saturated carbocycles. The lowest BCUT2D eigenvalue weighted by Gasteiger charge is -2.35. The summed E-state index contributed by atoms with van der Waals surface area (Å²) in [7, 11) is -3.24. The van der Waals surface area contributed by atoms with Crippen molar-refractivity contribution >= 4 is 21.8 Å². The number of aromatic nitrogens is 1. The van der Waals surface area contributed by atoms with Crippen molar-refractivity contribution in [2.75, 3.05) is 32.4 Å². The number of piperazine rings is 1. The predicted octanol–water partition coefficient (Wildman–Crippen LogP) is 2.77. The van der Waals surface area contributed by atoms with Crippen molar-refractivity contribution in [3.63, 3.8) is 0 Å². The van der Waals surface area contributed by atoms with Gasteiger partial charge in [0.15, 0.2) is 9.84 Å². The largest absolute Gasteiger partial charge is 0.444 e. The molecule has 0 aliphatic carbocycles. The zero-order valence-corrected chi connectivity index (χ0v) is 19.7. The SMILES string of the molecule is CC(C)(C)OC(=O)N1CCN(C(=O)Cc2ccc(-c3ccc(S(C)(=O)=O)cc3)nc2)CC1. The first-order valence-corrected chi connectivity index (χ1v) is 12.3. The third-order valence-corrected chi connectivity index (χ3v) is 6.17. The van der Waals surface area contributed by atoms with Gasteiger partial charge in [0.2, 0.25) is 5.91 Å². The van der Waals surface area contributed by atoms with Crippen LogP contribution in [0.25, 0.3) is 11.3 Å². The molecule has 1 aliphatic heterocycles. The van der Waals surface area contributed by atoms with Gasteiger partial charge < -0.3 is 14.5 Å². The zero-order chi connectivity index (χ0) is 23.5. The fourth-order valence-electron chi connectivity index (χ4n) is 3.32. The first-order chi connectivity index (χ1) is 14.9. The maximum Gasteiger partial charge on any atom is 0.410 e. The maximum absolute atomic E-state index is 12.7. The van der Waals surface area contributed by atoms with E-state index in [0.29, 0.717) is 31.9 Å². The molecule has 0 spiro atoms. The minimum atomic E-state index is -3.24. The van der Waals surface area contributed by atoms with Crippen LogP contribution in [-0.4, -0.2) is 73.2 Å². The highest BCUT2D eigenvalue weighted by Gasteiger charge is 2.27. The molecular weight excluding hydrogens is 430 g/mol. The number of benzene rings is 1. The Morgan fingerprint density at radius 1 is 0.969 bits per heavy atom. The predicted molar refractivity (Wildman–Crippen MR) is 121 cm³/mol. The molecule has 1 aromatic heterocycles. The lowest BCUT2D eigenvalue weighted by Crippen LogP contribution is -2.52. The summed E-state index contributed by atoms with van der Waals surface area (Å²) in [6.07, 6.45) is 2.71. The normalized spacial score (nSPS) is 14.9. The number of ether oxygens (including phenoxy) is 1. The highest BCUT2D eigenvalue weighted by molar-refractivity contribution is 7.90. The number of rotatable bonds is 4. The molecule has 9 heteroatoms. The summed E-state index contributed by atoms with van der Waals surface area (Å²) in [6.45, 7) is 7.31. The van der Waals surface area contributed by atoms with Crippen LogP contribution in [0.15, 0.2) is 47.5 Å². The van der Waals surface area contributed by atoms with Crippen LogP contribution >= 0.6 is 0 Å². The minimum Gasteiger partial charge on any atom is -0.444 e. The number of pyridine rings is 1. The molecule has 0 bridgehead atoms. The molecule has 2 amide bonds. The van der Waals surface area contributed by atoms with Gasteiger partial charge in [0, 0.05) is 44.2 Å². The Labute approximate surface area is 189 Å². The lowest BCUT2D eigenvalue weighted by molar-refractivity contribution is -0.132. The summed E-state index contributed by atoms with van der Waals surface area (Å²) in [6, 6.07) is 10.2. The van der Waals surface area contributed by atoms with Gasteiger partial charge in [-0.3, -0.25) is 9.78 Å². The van der Waals surface area contributed by atoms with E-state index in [-0.39, 0.29) is 23.3 Å². The first kappa shape index (κ1) is 23.7. The molecule has 172 valence electrons. The molecule has 3 rings (SSSR count). The Balaban J connectivity index is 1.55. The van der Waals surface area contributed by atoms with Crippen molar-refractivity contribution < 1.29 is 22.7 Å². The van der Waals surface area contributed by atoms with E-state index in [1.54, 1.807) is 40.3 Å². The highest BCUT2D eigenvalue weighted by atomic mass is 32.2. The Kier molecular flexibility index (Phi) is 6.88. The van der Waals surface area contributed by atoms with Crippen LogP contribution in [0, 0.1) is 0 Å². The van der Waals surface area contributed by atoms with E-state index in [1.807, 2.05) is 32.9 Å². The van der Waals surface area contributed by atoms with Crippen LogP contribution in [0.1, 0.15) is 26.3 Å². The number of hydrogen-bond acceptors (Lipinski definition) is 6. The number of sulfone groups is 1. The van der Waals surface area contributed by atoms with E-state index in [1.165, 1.54) is 6.26 Å². The molecule has 0 atom stereocenters.